The molecule has 1 aliphatic heterocycles. The number of benzene rings is 1. The Kier molecular flexibility index (Phi) is 8.20. The summed E-state index contributed by atoms with van der Waals surface area (Å²) in [6, 6.07) is 0.539. The second-order valence-corrected chi connectivity index (χ2v) is 11.3. The molecule has 0 saturated carbocycles. The maximum atomic E-state index is 13.5. The number of anilines is 2. The Morgan fingerprint density at radius 3 is 2.41 bits per heavy atom. The number of nitrogens with zero attached hydrogens (tertiary/aromatic N) is 4. The van der Waals surface area contributed by atoms with E-state index in [-0.39, 0.29) is 56.2 Å². The number of urea groups is 1. The van der Waals surface area contributed by atoms with Crippen LogP contribution in [0.5, 0.6) is 0 Å². The normalized spacial score (nSPS) is 19.3. The van der Waals surface area contributed by atoms with E-state index in [0.717, 1.165) is 54.0 Å². The Bertz CT molecular complexity index is 1260. The van der Waals surface area contributed by atoms with Crippen LogP contribution in [0.25, 0.3) is 0 Å². The number of rotatable bonds is 6. The average Bonchev–Trinajstić information content (AvgIpc) is 3.54. The molecule has 0 radical (unpaired) electrons. The summed E-state index contributed by atoms with van der Waals surface area (Å²) in [7, 11) is -2.84. The molecule has 198 valence electrons. The van der Waals surface area contributed by atoms with E-state index in [1.165, 1.54) is 33.1 Å². The van der Waals surface area contributed by atoms with Gasteiger partial charge in [-0.15, -0.1) is 0 Å². The quantitative estimate of drug-likeness (QED) is 0.495. The first-order valence-electron chi connectivity index (χ1n) is 12.1. The number of carbonyl (C=O) groups excluding carboxylic acids is 1. The average molecular weight is 551 g/mol. The molecule has 1 atom stereocenters. The van der Waals surface area contributed by atoms with Crippen molar-refractivity contribution >= 4 is 27.6 Å². The molecule has 9 nitrogen and oxygen atoms in total. The van der Waals surface area contributed by atoms with Crippen LogP contribution in [-0.2, 0) is 42.9 Å². The number of carbonyl (C=O) groups is 1. The van der Waals surface area contributed by atoms with E-state index in [1.807, 2.05) is 0 Å². The third kappa shape index (κ3) is 6.11. The minimum atomic E-state index is -4.45. The van der Waals surface area contributed by atoms with Gasteiger partial charge in [-0.25, -0.2) is 13.8 Å². The molecule has 14 heteroatoms. The van der Waals surface area contributed by atoms with Crippen molar-refractivity contribution in [3.63, 3.8) is 0 Å². The molecular weight excluding hydrogens is 520 g/mol. The smallest absolute Gasteiger partial charge is 1.00 e. The molecule has 2 N–H and O–H groups in total. The van der Waals surface area contributed by atoms with Gasteiger partial charge in [0, 0.05) is 32.0 Å². The van der Waals surface area contributed by atoms with Gasteiger partial charge in [0.25, 0.3) is 0 Å². The predicted molar refractivity (Wildman–Crippen MR) is 129 cm³/mol. The van der Waals surface area contributed by atoms with Gasteiger partial charge in [-0.2, -0.15) is 26.7 Å². The molecule has 0 bridgehead atoms. The molecule has 2 heterocycles. The first-order chi connectivity index (χ1) is 17.0. The van der Waals surface area contributed by atoms with Gasteiger partial charge in [0.1, 0.15) is 0 Å². The summed E-state index contributed by atoms with van der Waals surface area (Å²) >= 11 is 0. The molecular formula is C23H30F3N6NaO3S. The van der Waals surface area contributed by atoms with Gasteiger partial charge in [0.15, 0.2) is 0 Å². The fourth-order valence-corrected chi connectivity index (χ4v) is 7.06. The summed E-state index contributed by atoms with van der Waals surface area (Å²) in [5.41, 5.74) is 5.40. The SMILES string of the molecule is Cn1cc(N(C2CCN(CC(F)(F)F)C2)S(=O)(=O)NC(=O)Nc2c3c(cc4c2CCC4)CCC3)cn1.[H-].[Na+]. The van der Waals surface area contributed by atoms with Crippen LogP contribution in [-0.4, -0.2) is 61.0 Å². The van der Waals surface area contributed by atoms with Crippen molar-refractivity contribution in [2.24, 2.45) is 7.05 Å². The summed E-state index contributed by atoms with van der Waals surface area (Å²) in [6.45, 7) is -1.15. The third-order valence-electron chi connectivity index (χ3n) is 7.12. The molecule has 3 aliphatic rings. The van der Waals surface area contributed by atoms with Crippen molar-refractivity contribution in [3.05, 3.63) is 40.7 Å². The molecule has 2 aromatic rings. The predicted octanol–water partition coefficient (Wildman–Crippen LogP) is 0.0235. The molecule has 37 heavy (non-hydrogen) atoms. The van der Waals surface area contributed by atoms with Crippen LogP contribution in [0.15, 0.2) is 18.5 Å². The van der Waals surface area contributed by atoms with Crippen molar-refractivity contribution in [2.45, 2.75) is 57.2 Å². The molecule has 1 saturated heterocycles. The first-order valence-corrected chi connectivity index (χ1v) is 13.5. The minimum Gasteiger partial charge on any atom is -1.00 e. The Morgan fingerprint density at radius 1 is 1.19 bits per heavy atom. The number of fused-ring (bicyclic) bond motifs is 2. The summed E-state index contributed by atoms with van der Waals surface area (Å²) in [5.74, 6) is 0. The second-order valence-electron chi connectivity index (χ2n) is 9.76. The number of aromatic nitrogens is 2. The summed E-state index contributed by atoms with van der Waals surface area (Å²) < 4.78 is 70.2. The van der Waals surface area contributed by atoms with Crippen LogP contribution in [0.2, 0.25) is 0 Å². The number of nitrogens with one attached hydrogen (secondary N) is 2. The summed E-state index contributed by atoms with van der Waals surface area (Å²) in [6.07, 6.45) is 4.06. The standard InChI is InChI=1S/C23H29F3N6O3S.Na.H/c1-30-12-18(11-27-30)32(17-8-9-31(13-17)14-23(24,25)26)36(34,35)29-22(33)28-21-19-6-2-4-15(19)10-16-5-3-7-20(16)21;;/h10-12,17H,2-9,13-14H2,1H3,(H2,28,29,33);;/q;+1;-1. The van der Waals surface area contributed by atoms with Crippen LogP contribution in [0.4, 0.5) is 29.3 Å². The van der Waals surface area contributed by atoms with Gasteiger partial charge in [0.2, 0.25) is 0 Å². The molecule has 5 rings (SSSR count). The number of aryl methyl sites for hydroxylation is 3. The minimum absolute atomic E-state index is 0. The number of hydrogen-bond donors (Lipinski definition) is 2. The van der Waals surface area contributed by atoms with Gasteiger partial charge in [-0.05, 0) is 67.2 Å². The maximum absolute atomic E-state index is 13.5. The Labute approximate surface area is 237 Å². The van der Waals surface area contributed by atoms with Crippen molar-refractivity contribution in [2.75, 3.05) is 29.3 Å². The van der Waals surface area contributed by atoms with E-state index in [9.17, 15) is 26.4 Å². The number of alkyl halides is 3. The number of hydrogen-bond acceptors (Lipinski definition) is 5. The van der Waals surface area contributed by atoms with Crippen LogP contribution in [0.3, 0.4) is 0 Å². The van der Waals surface area contributed by atoms with E-state index < -0.39 is 35.0 Å². The summed E-state index contributed by atoms with van der Waals surface area (Å²) in [5, 5.41) is 6.82. The van der Waals surface area contributed by atoms with Crippen LogP contribution >= 0.6 is 0 Å². The Balaban J connectivity index is 0.00000200. The topological polar surface area (TPSA) is 99.6 Å². The molecule has 1 fully saturated rings. The van der Waals surface area contributed by atoms with Crippen molar-refractivity contribution in [1.29, 1.82) is 0 Å². The van der Waals surface area contributed by atoms with E-state index in [1.54, 1.807) is 7.05 Å². The molecule has 1 unspecified atom stereocenters. The Hall–Kier alpha value is -1.80. The van der Waals surface area contributed by atoms with E-state index >= 15 is 0 Å². The fraction of sp³-hybridized carbons (Fsp3) is 0.565. The van der Waals surface area contributed by atoms with Gasteiger partial charge in [0.05, 0.1) is 24.5 Å². The first kappa shape index (κ1) is 28.2. The van der Waals surface area contributed by atoms with E-state index in [2.05, 4.69) is 21.2 Å². The van der Waals surface area contributed by atoms with Crippen LogP contribution in [0.1, 0.15) is 42.9 Å². The molecule has 2 amide bonds. The molecule has 1 aromatic heterocycles. The van der Waals surface area contributed by atoms with Crippen LogP contribution in [0, 0.1) is 0 Å². The number of likely N-dealkylation sites (tertiary alicyclic amines) is 1. The monoisotopic (exact) mass is 550 g/mol. The zero-order valence-corrected chi connectivity index (χ0v) is 23.8. The van der Waals surface area contributed by atoms with Crippen LogP contribution < -0.4 is 43.9 Å². The molecule has 1 aromatic carbocycles. The fourth-order valence-electron chi connectivity index (χ4n) is 5.74. The van der Waals surface area contributed by atoms with Gasteiger partial charge >= 0.3 is 52.0 Å². The van der Waals surface area contributed by atoms with E-state index in [0.29, 0.717) is 5.69 Å². The largest absolute Gasteiger partial charge is 1.00 e. The van der Waals surface area contributed by atoms with Gasteiger partial charge in [-0.3, -0.25) is 9.58 Å². The van der Waals surface area contributed by atoms with E-state index in [4.69, 9.17) is 0 Å². The zero-order valence-electron chi connectivity index (χ0n) is 21.9. The number of halogens is 3. The third-order valence-corrected chi connectivity index (χ3v) is 8.59. The maximum Gasteiger partial charge on any atom is 1.00 e. The second kappa shape index (κ2) is 10.8. The zero-order chi connectivity index (χ0) is 25.7. The number of amides is 2. The van der Waals surface area contributed by atoms with Crippen molar-refractivity contribution in [3.8, 4) is 0 Å². The molecule has 0 spiro atoms. The summed E-state index contributed by atoms with van der Waals surface area (Å²) in [4.78, 5) is 14.2. The van der Waals surface area contributed by atoms with Gasteiger partial charge < -0.3 is 6.74 Å². The van der Waals surface area contributed by atoms with Gasteiger partial charge in [-0.1, -0.05) is 6.07 Å². The van der Waals surface area contributed by atoms with Crippen molar-refractivity contribution in [1.82, 2.24) is 19.4 Å². The van der Waals surface area contributed by atoms with Crippen molar-refractivity contribution < 1.29 is 57.4 Å². The molecule has 2 aliphatic carbocycles. The Morgan fingerprint density at radius 2 is 1.84 bits per heavy atom.